The maximum atomic E-state index is 9.93. The van der Waals surface area contributed by atoms with E-state index in [0.29, 0.717) is 28.0 Å². The van der Waals surface area contributed by atoms with Crippen LogP contribution < -0.4 is 4.74 Å². The summed E-state index contributed by atoms with van der Waals surface area (Å²) in [7, 11) is 0. The Hall–Kier alpha value is -4.50. The summed E-state index contributed by atoms with van der Waals surface area (Å²) in [6, 6.07) is 42.1. The lowest BCUT2D eigenvalue weighted by atomic mass is 9.97. The molecule has 1 aliphatic heterocycles. The number of phenolic OH excluding ortho intramolecular Hbond substituents is 1. The van der Waals surface area contributed by atoms with Crippen molar-refractivity contribution in [2.45, 2.75) is 57.0 Å². The van der Waals surface area contributed by atoms with Crippen molar-refractivity contribution in [3.05, 3.63) is 168 Å². The summed E-state index contributed by atoms with van der Waals surface area (Å²) in [5.74, 6) is 0.377. The minimum Gasteiger partial charge on any atom is -0.508 e. The van der Waals surface area contributed by atoms with Crippen LogP contribution in [0.2, 0.25) is 0 Å². The zero-order chi connectivity index (χ0) is 35.6. The predicted molar refractivity (Wildman–Crippen MR) is 179 cm³/mol. The van der Waals surface area contributed by atoms with Crippen molar-refractivity contribution in [2.75, 3.05) is 6.61 Å². The van der Waals surface area contributed by atoms with Gasteiger partial charge in [0.05, 0.1) is 38.4 Å². The highest BCUT2D eigenvalue weighted by atomic mass is 16.7. The fourth-order valence-electron chi connectivity index (χ4n) is 5.07. The van der Waals surface area contributed by atoms with E-state index < -0.39 is 57.0 Å². The molecule has 1 aliphatic rings. The van der Waals surface area contributed by atoms with Crippen LogP contribution in [-0.2, 0) is 50.0 Å². The van der Waals surface area contributed by atoms with Gasteiger partial charge in [0.2, 0.25) is 6.29 Å². The molecule has 5 aromatic rings. The van der Waals surface area contributed by atoms with Crippen molar-refractivity contribution in [3.8, 4) is 11.5 Å². The first kappa shape index (κ1) is 27.6. The van der Waals surface area contributed by atoms with Gasteiger partial charge in [-0.15, -0.1) is 0 Å². The number of hydrogen-bond donors (Lipinski definition) is 1. The van der Waals surface area contributed by atoms with Gasteiger partial charge in [0.1, 0.15) is 35.9 Å². The third kappa shape index (κ3) is 9.51. The van der Waals surface area contributed by atoms with Crippen molar-refractivity contribution < 1.29 is 39.0 Å². The molecule has 242 valence electrons. The summed E-state index contributed by atoms with van der Waals surface area (Å²) in [5, 5.41) is 9.93. The molecular weight excluding hydrogens is 592 g/mol. The Kier molecular flexibility index (Phi) is 9.91. The topological polar surface area (TPSA) is 75.6 Å². The van der Waals surface area contributed by atoms with E-state index >= 15 is 0 Å². The first-order chi connectivity index (χ1) is 24.9. The van der Waals surface area contributed by atoms with Gasteiger partial charge in [-0.3, -0.25) is 0 Å². The molecule has 7 nitrogen and oxygen atoms in total. The maximum Gasteiger partial charge on any atom is 0.229 e. The first-order valence-corrected chi connectivity index (χ1v) is 15.4. The Labute approximate surface area is 281 Å². The van der Waals surface area contributed by atoms with Gasteiger partial charge in [0.15, 0.2) is 0 Å². The molecule has 7 heteroatoms. The molecule has 0 bridgehead atoms. The third-order valence-electron chi connectivity index (χ3n) is 7.44. The Morgan fingerprint density at radius 3 is 1.43 bits per heavy atom. The van der Waals surface area contributed by atoms with Crippen LogP contribution in [0.5, 0.6) is 11.5 Å². The summed E-state index contributed by atoms with van der Waals surface area (Å²) >= 11 is 0. The molecule has 1 N–H and O–H groups in total. The van der Waals surface area contributed by atoms with E-state index in [2.05, 4.69) is 0 Å². The molecule has 0 aliphatic carbocycles. The lowest BCUT2D eigenvalue weighted by molar-refractivity contribution is -0.310. The molecule has 5 aromatic carbocycles. The summed E-state index contributed by atoms with van der Waals surface area (Å²) in [5.41, 5.74) is 2.34. The zero-order valence-electron chi connectivity index (χ0n) is 29.7. The molecule has 9 atom stereocenters. The lowest BCUT2D eigenvalue weighted by Crippen LogP contribution is -2.62. The van der Waals surface area contributed by atoms with Gasteiger partial charge >= 0.3 is 0 Å². The molecule has 5 unspecified atom stereocenters. The van der Waals surface area contributed by atoms with E-state index in [1.165, 1.54) is 12.1 Å². The minimum atomic E-state index is -1.24. The van der Waals surface area contributed by atoms with Gasteiger partial charge in [-0.25, -0.2) is 0 Å². The largest absolute Gasteiger partial charge is 0.508 e. The molecule has 0 spiro atoms. The van der Waals surface area contributed by atoms with Gasteiger partial charge in [-0.1, -0.05) is 121 Å². The highest BCUT2D eigenvalue weighted by molar-refractivity contribution is 5.30. The van der Waals surface area contributed by atoms with Gasteiger partial charge < -0.3 is 33.5 Å². The molecule has 0 saturated carbocycles. The average Bonchev–Trinajstić information content (AvgIpc) is 3.18. The Morgan fingerprint density at radius 2 is 0.936 bits per heavy atom. The summed E-state index contributed by atoms with van der Waals surface area (Å²) in [6.07, 6.45) is -5.65. The number of aromatic hydroxyl groups is 1. The van der Waals surface area contributed by atoms with E-state index in [9.17, 15) is 5.11 Å². The maximum absolute atomic E-state index is 9.93. The normalized spacial score (nSPS) is 24.8. The third-order valence-corrected chi connectivity index (χ3v) is 7.44. The lowest BCUT2D eigenvalue weighted by Gasteiger charge is -2.45. The molecule has 1 heterocycles. The van der Waals surface area contributed by atoms with Crippen LogP contribution in [0.25, 0.3) is 0 Å². The molecule has 0 amide bonds. The fourth-order valence-corrected chi connectivity index (χ4v) is 5.07. The molecule has 6 rings (SSSR count). The van der Waals surface area contributed by atoms with Crippen molar-refractivity contribution >= 4 is 0 Å². The Balaban J connectivity index is 1.40. The molecular formula is C40H40O7. The Morgan fingerprint density at radius 1 is 0.511 bits per heavy atom. The van der Waals surface area contributed by atoms with Crippen LogP contribution in [0, 0.1) is 0 Å². The highest BCUT2D eigenvalue weighted by Gasteiger charge is 2.49. The second-order valence-electron chi connectivity index (χ2n) is 10.9. The molecule has 47 heavy (non-hydrogen) atoms. The standard InChI is InChI=1S/C40H40O7/c41-34-21-23-35(24-22-34)46-40-39(45-28-33-19-11-4-12-20-33)38(44-27-32-17-9-3-10-18-32)37(43-26-31-15-7-2-8-16-31)36(47-40)29-42-25-30-13-5-1-6-14-30/h1-24,36-41H,25-29H2/t36-,37-,38+,39-,40?/m1/s1/i25D,26D,27D,28D/t25?,26?,27?,28?,36-,37-,38+,39-,40?. The van der Waals surface area contributed by atoms with Gasteiger partial charge in [-0.2, -0.15) is 0 Å². The van der Waals surface area contributed by atoms with Crippen LogP contribution in [0.3, 0.4) is 0 Å². The molecule has 1 fully saturated rings. The number of ether oxygens (including phenoxy) is 6. The first-order valence-electron chi connectivity index (χ1n) is 17.7. The van der Waals surface area contributed by atoms with E-state index in [4.69, 9.17) is 33.9 Å². The van der Waals surface area contributed by atoms with E-state index in [1.807, 2.05) is 60.7 Å². The number of rotatable bonds is 15. The van der Waals surface area contributed by atoms with Crippen LogP contribution in [-0.4, -0.2) is 42.4 Å². The average molecular weight is 637 g/mol. The SMILES string of the molecule is [2H]C(OC[C@H]1OC(Oc2ccc(O)cc2)[C@H](OC([2H])c2ccccc2)[C@@H](OC([2H])c2ccccc2)[C@@H]1OC([2H])c1ccccc1)c1ccccc1. The van der Waals surface area contributed by atoms with Gasteiger partial charge in [0.25, 0.3) is 0 Å². The number of benzene rings is 5. The zero-order valence-corrected chi connectivity index (χ0v) is 25.7. The predicted octanol–water partition coefficient (Wildman–Crippen LogP) is 7.47. The van der Waals surface area contributed by atoms with Crippen molar-refractivity contribution in [1.29, 1.82) is 0 Å². The molecule has 1 saturated heterocycles. The van der Waals surface area contributed by atoms with Crippen molar-refractivity contribution in [3.63, 3.8) is 0 Å². The van der Waals surface area contributed by atoms with Crippen molar-refractivity contribution in [1.82, 2.24) is 0 Å². The molecule has 0 aromatic heterocycles. The van der Waals surface area contributed by atoms with Crippen LogP contribution in [0.1, 0.15) is 27.7 Å². The van der Waals surface area contributed by atoms with Gasteiger partial charge in [-0.05, 0) is 46.5 Å². The fraction of sp³-hybridized carbons (Fsp3) is 0.250. The van der Waals surface area contributed by atoms with E-state index in [0.717, 1.165) is 0 Å². The summed E-state index contributed by atoms with van der Waals surface area (Å²) in [4.78, 5) is 0. The smallest absolute Gasteiger partial charge is 0.229 e. The number of hydrogen-bond acceptors (Lipinski definition) is 7. The monoisotopic (exact) mass is 636 g/mol. The number of phenols is 1. The summed E-state index contributed by atoms with van der Waals surface area (Å²) in [6.45, 7) is -4.88. The molecule has 0 radical (unpaired) electrons. The van der Waals surface area contributed by atoms with Crippen LogP contribution in [0.15, 0.2) is 146 Å². The quantitative estimate of drug-likeness (QED) is 0.128. The summed E-state index contributed by atoms with van der Waals surface area (Å²) < 4.78 is 74.2. The second kappa shape index (κ2) is 16.9. The van der Waals surface area contributed by atoms with E-state index in [1.54, 1.807) is 72.8 Å². The second-order valence-corrected chi connectivity index (χ2v) is 10.9. The van der Waals surface area contributed by atoms with E-state index in [-0.39, 0.29) is 12.4 Å². The van der Waals surface area contributed by atoms with Crippen LogP contribution in [0.4, 0.5) is 0 Å². The van der Waals surface area contributed by atoms with Crippen molar-refractivity contribution in [2.24, 2.45) is 0 Å². The van der Waals surface area contributed by atoms with Gasteiger partial charge in [0, 0.05) is 0 Å². The Bertz CT molecular complexity index is 1740. The minimum absolute atomic E-state index is 0.0423. The van der Waals surface area contributed by atoms with Crippen LogP contribution >= 0.6 is 0 Å². The highest BCUT2D eigenvalue weighted by Crippen LogP contribution is 2.33.